The van der Waals surface area contributed by atoms with Gasteiger partial charge in [0.15, 0.2) is 5.78 Å². The largest absolute Gasteiger partial charge is 0.477 e. The molecule has 41 heavy (non-hydrogen) atoms. The molecule has 2 amide bonds. The number of thiophene rings is 1. The Labute approximate surface area is 245 Å². The van der Waals surface area contributed by atoms with Gasteiger partial charge in [-0.05, 0) is 58.9 Å². The van der Waals surface area contributed by atoms with Gasteiger partial charge in [0.1, 0.15) is 16.5 Å². The quantitative estimate of drug-likeness (QED) is 0.418. The molecule has 1 aromatic rings. The normalized spacial score (nSPS) is 30.0. The lowest BCUT2D eigenvalue weighted by molar-refractivity contribution is -0.130. The van der Waals surface area contributed by atoms with Crippen LogP contribution in [0.4, 0.5) is 9.59 Å². The number of rotatable bonds is 5. The molecule has 10 nitrogen and oxygen atoms in total. The van der Waals surface area contributed by atoms with Crippen LogP contribution in [0, 0.1) is 29.1 Å². The minimum Gasteiger partial charge on any atom is -0.477 e. The highest BCUT2D eigenvalue weighted by molar-refractivity contribution is 7.14. The highest BCUT2D eigenvalue weighted by Crippen LogP contribution is 2.44. The Morgan fingerprint density at radius 1 is 1.10 bits per heavy atom. The molecule has 1 aliphatic carbocycles. The fourth-order valence-electron chi connectivity index (χ4n) is 6.16. The maximum atomic E-state index is 14.2. The number of ether oxygens (including phenoxy) is 1. The Hall–Kier alpha value is -3.10. The Bertz CT molecular complexity index is 1280. The van der Waals surface area contributed by atoms with Crippen LogP contribution in [0.25, 0.3) is 0 Å². The van der Waals surface area contributed by atoms with E-state index in [0.717, 1.165) is 24.2 Å². The van der Waals surface area contributed by atoms with Crippen molar-refractivity contribution in [2.75, 3.05) is 19.6 Å². The van der Waals surface area contributed by atoms with Crippen LogP contribution in [0.15, 0.2) is 6.07 Å². The third-order valence-electron chi connectivity index (χ3n) is 8.52. The van der Waals surface area contributed by atoms with Gasteiger partial charge in [-0.15, -0.1) is 11.3 Å². The van der Waals surface area contributed by atoms with Crippen molar-refractivity contribution in [1.82, 2.24) is 9.80 Å². The average molecular weight is 588 g/mol. The van der Waals surface area contributed by atoms with Gasteiger partial charge < -0.3 is 25.6 Å². The molecule has 1 aromatic heterocycles. The van der Waals surface area contributed by atoms with Gasteiger partial charge in [-0.25, -0.2) is 14.4 Å². The van der Waals surface area contributed by atoms with E-state index < -0.39 is 35.3 Å². The van der Waals surface area contributed by atoms with Gasteiger partial charge in [0, 0.05) is 36.4 Å². The number of nitrogens with zero attached hydrogens (tertiary/aromatic N) is 2. The number of carbonyl (C=O) groups excluding carboxylic acids is 2. The molecule has 0 bridgehead atoms. The van der Waals surface area contributed by atoms with Crippen molar-refractivity contribution in [1.29, 1.82) is 0 Å². The lowest BCUT2D eigenvalue weighted by Crippen LogP contribution is -2.57. The molecule has 4 rings (SSSR count). The molecule has 2 aliphatic heterocycles. The van der Waals surface area contributed by atoms with Crippen LogP contribution in [0.3, 0.4) is 0 Å². The summed E-state index contributed by atoms with van der Waals surface area (Å²) in [4.78, 5) is 54.8. The number of carbonyl (C=O) groups is 4. The van der Waals surface area contributed by atoms with Crippen LogP contribution in [-0.2, 0) is 15.1 Å². The van der Waals surface area contributed by atoms with Crippen LogP contribution in [0.5, 0.6) is 0 Å². The lowest BCUT2D eigenvalue weighted by Gasteiger charge is -2.38. The summed E-state index contributed by atoms with van der Waals surface area (Å²) in [5.41, 5.74) is 4.57. The molecular formula is C30H41N3O7S. The van der Waals surface area contributed by atoms with Crippen LogP contribution in [0.1, 0.15) is 93.3 Å². The van der Waals surface area contributed by atoms with E-state index in [0.29, 0.717) is 35.6 Å². The molecule has 2 saturated heterocycles. The number of amides is 2. The molecule has 3 aliphatic rings. The molecular weight excluding hydrogens is 546 g/mol. The van der Waals surface area contributed by atoms with Crippen molar-refractivity contribution in [2.45, 2.75) is 90.3 Å². The zero-order chi connectivity index (χ0) is 30.3. The molecule has 1 saturated carbocycles. The van der Waals surface area contributed by atoms with Gasteiger partial charge in [0.2, 0.25) is 0 Å². The molecule has 4 N–H and O–H groups in total. The number of aromatic carboxylic acids is 1. The van der Waals surface area contributed by atoms with Crippen molar-refractivity contribution >= 4 is 35.3 Å². The third kappa shape index (κ3) is 6.54. The zero-order valence-corrected chi connectivity index (χ0v) is 25.3. The topological polar surface area (TPSA) is 150 Å². The number of carboxylic acid groups (broad SMARTS) is 2. The van der Waals surface area contributed by atoms with E-state index in [2.05, 4.69) is 18.8 Å². The fourth-order valence-corrected chi connectivity index (χ4v) is 7.10. The molecule has 0 radical (unpaired) electrons. The second kappa shape index (κ2) is 11.3. The summed E-state index contributed by atoms with van der Waals surface area (Å²) in [6.07, 6.45) is 1.80. The second-order valence-corrected chi connectivity index (χ2v) is 14.2. The van der Waals surface area contributed by atoms with Crippen LogP contribution < -0.4 is 5.73 Å². The molecule has 3 fully saturated rings. The number of ketones is 1. The number of nitrogens with two attached hydrogens (primary N) is 1. The molecule has 11 heteroatoms. The molecule has 2 unspecified atom stereocenters. The van der Waals surface area contributed by atoms with E-state index in [1.165, 1.54) is 9.80 Å². The minimum absolute atomic E-state index is 0.0100. The number of likely N-dealkylation sites (tertiary alicyclic amines) is 2. The summed E-state index contributed by atoms with van der Waals surface area (Å²) in [6.45, 7) is 10.1. The van der Waals surface area contributed by atoms with Crippen LogP contribution in [-0.4, -0.2) is 75.2 Å². The van der Waals surface area contributed by atoms with E-state index in [-0.39, 0.29) is 48.0 Å². The van der Waals surface area contributed by atoms with E-state index in [4.69, 9.17) is 10.5 Å². The third-order valence-corrected chi connectivity index (χ3v) is 9.56. The van der Waals surface area contributed by atoms with Crippen molar-refractivity contribution in [3.63, 3.8) is 0 Å². The van der Waals surface area contributed by atoms with E-state index in [9.17, 15) is 29.4 Å². The molecule has 3 atom stereocenters. The van der Waals surface area contributed by atoms with E-state index in [1.807, 2.05) is 20.8 Å². The average Bonchev–Trinajstić information content (AvgIpc) is 3.58. The van der Waals surface area contributed by atoms with Gasteiger partial charge in [-0.2, -0.15) is 0 Å². The van der Waals surface area contributed by atoms with Crippen molar-refractivity contribution in [2.24, 2.45) is 23.0 Å². The predicted molar refractivity (Wildman–Crippen MR) is 154 cm³/mol. The van der Waals surface area contributed by atoms with Crippen LogP contribution in [0.2, 0.25) is 0 Å². The minimum atomic E-state index is -1.45. The summed E-state index contributed by atoms with van der Waals surface area (Å²) in [7, 11) is 0. The van der Waals surface area contributed by atoms with E-state index >= 15 is 0 Å². The summed E-state index contributed by atoms with van der Waals surface area (Å²) in [5.74, 6) is 5.05. The molecule has 0 spiro atoms. The van der Waals surface area contributed by atoms with Gasteiger partial charge in [0.05, 0.1) is 17.0 Å². The van der Waals surface area contributed by atoms with Gasteiger partial charge in [-0.3, -0.25) is 9.69 Å². The van der Waals surface area contributed by atoms with Gasteiger partial charge in [-0.1, -0.05) is 31.6 Å². The summed E-state index contributed by atoms with van der Waals surface area (Å²) >= 11 is 1.02. The van der Waals surface area contributed by atoms with Crippen molar-refractivity contribution in [3.8, 4) is 11.8 Å². The Balaban J connectivity index is 1.72. The Kier molecular flexibility index (Phi) is 8.50. The Morgan fingerprint density at radius 2 is 1.76 bits per heavy atom. The van der Waals surface area contributed by atoms with Crippen LogP contribution >= 0.6 is 11.3 Å². The summed E-state index contributed by atoms with van der Waals surface area (Å²) in [5, 5.41) is 19.5. The second-order valence-electron chi connectivity index (χ2n) is 13.2. The van der Waals surface area contributed by atoms with Crippen molar-refractivity contribution in [3.05, 3.63) is 21.4 Å². The maximum Gasteiger partial charge on any atom is 0.411 e. The van der Waals surface area contributed by atoms with Gasteiger partial charge >= 0.3 is 18.2 Å². The van der Waals surface area contributed by atoms with E-state index in [1.54, 1.807) is 13.0 Å². The zero-order valence-electron chi connectivity index (χ0n) is 24.5. The maximum absolute atomic E-state index is 14.2. The first kappa shape index (κ1) is 30.8. The molecule has 0 aromatic carbocycles. The first-order valence-corrected chi connectivity index (χ1v) is 15.1. The molecule has 3 heterocycles. The fraction of sp³-hybridized carbons (Fsp3) is 0.667. The SMILES string of the molecule is CC1CCC(C(=O)C2N(C(=O)OC3(C)CCN(C(=O)O)C3)CC[C@]2(N)c2cc(C#CC(C)(C)C)sc2C(=O)O)CC1. The monoisotopic (exact) mass is 587 g/mol. The first-order valence-electron chi connectivity index (χ1n) is 14.2. The predicted octanol–water partition coefficient (Wildman–Crippen LogP) is 4.75. The first-order chi connectivity index (χ1) is 19.0. The van der Waals surface area contributed by atoms with Crippen molar-refractivity contribution < 1.29 is 34.1 Å². The van der Waals surface area contributed by atoms with Gasteiger partial charge in [0.25, 0.3) is 0 Å². The smallest absolute Gasteiger partial charge is 0.411 e. The number of hydrogen-bond donors (Lipinski definition) is 3. The summed E-state index contributed by atoms with van der Waals surface area (Å²) < 4.78 is 5.87. The highest BCUT2D eigenvalue weighted by atomic mass is 32.1. The number of Topliss-reactive ketones (excluding diaryl/α,β-unsaturated/α-hetero) is 1. The highest BCUT2D eigenvalue weighted by Gasteiger charge is 2.56. The Morgan fingerprint density at radius 3 is 2.32 bits per heavy atom. The lowest BCUT2D eigenvalue weighted by atomic mass is 9.74. The molecule has 224 valence electrons. The summed E-state index contributed by atoms with van der Waals surface area (Å²) in [6, 6.07) is 0.540. The standard InChI is InChI=1S/C30H41N3O7S/c1-18-6-8-19(9-7-18)22(34)24-30(31,21-16-20(10-11-28(2,3)4)41-23(21)25(35)36)13-15-33(24)27(39)40-29(5)12-14-32(17-29)26(37)38/h16,18-19,24H,6-9,12-15,17,31H2,1-5H3,(H,35,36)(H,37,38)/t18?,19?,24?,29?,30-/m0/s1. The number of carboxylic acids is 1. The number of hydrogen-bond acceptors (Lipinski definition) is 7.